The predicted octanol–water partition coefficient (Wildman–Crippen LogP) is 5.86. The highest BCUT2D eigenvalue weighted by Crippen LogP contribution is 2.32. The van der Waals surface area contributed by atoms with Crippen LogP contribution < -0.4 is 5.73 Å². The van der Waals surface area contributed by atoms with E-state index in [0.717, 1.165) is 39.7 Å². The van der Waals surface area contributed by atoms with Crippen molar-refractivity contribution in [3.05, 3.63) is 131 Å². The molecule has 0 radical (unpaired) electrons. The first-order valence-electron chi connectivity index (χ1n) is 14.6. The largest absolute Gasteiger partial charge is 0.399 e. The van der Waals surface area contributed by atoms with Crippen molar-refractivity contribution < 1.29 is 9.90 Å². The Kier molecular flexibility index (Phi) is 7.93. The van der Waals surface area contributed by atoms with Crippen LogP contribution in [0.1, 0.15) is 34.4 Å². The van der Waals surface area contributed by atoms with Crippen LogP contribution >= 0.6 is 0 Å². The Hall–Kier alpha value is -4.62. The molecular weight excluding hydrogens is 522 g/mol. The summed E-state index contributed by atoms with van der Waals surface area (Å²) in [5, 5.41) is 20.6. The van der Waals surface area contributed by atoms with E-state index in [-0.39, 0.29) is 12.1 Å². The molecule has 1 aromatic heterocycles. The molecule has 6 rings (SSSR count). The van der Waals surface area contributed by atoms with Gasteiger partial charge in [0.2, 0.25) is 0 Å². The number of aliphatic hydroxyl groups excluding tert-OH is 1. The van der Waals surface area contributed by atoms with E-state index in [9.17, 15) is 9.90 Å². The zero-order valence-corrected chi connectivity index (χ0v) is 23.9. The molecule has 0 unspecified atom stereocenters. The minimum Gasteiger partial charge on any atom is -0.399 e. The lowest BCUT2D eigenvalue weighted by Crippen LogP contribution is -2.66. The fourth-order valence-electron chi connectivity index (χ4n) is 6.18. The molecule has 0 aliphatic carbocycles. The van der Waals surface area contributed by atoms with Crippen LogP contribution in [0.25, 0.3) is 10.9 Å². The molecule has 7 heteroatoms. The van der Waals surface area contributed by atoms with Crippen molar-refractivity contribution >= 4 is 22.6 Å². The van der Waals surface area contributed by atoms with Crippen molar-refractivity contribution in [2.75, 3.05) is 5.73 Å². The van der Waals surface area contributed by atoms with Crippen LogP contribution in [0.4, 0.5) is 10.5 Å². The SMILES string of the molecule is Cc1[nH]nc2ccc(CN3C(=O)N(Cc4cccc(N)c4)[C@H](Cc4ccccc4)[C@H](O)[C@H]3CCc3ccccc3)cc12. The number of hydrogen-bond acceptors (Lipinski definition) is 4. The number of aryl methyl sites for hydroxylation is 2. The van der Waals surface area contributed by atoms with Crippen LogP contribution in [-0.2, 0) is 25.9 Å². The summed E-state index contributed by atoms with van der Waals surface area (Å²) >= 11 is 0. The average molecular weight is 560 g/mol. The summed E-state index contributed by atoms with van der Waals surface area (Å²) in [5.41, 5.74) is 12.9. The number of H-pyrrole nitrogens is 1. The number of aromatic amines is 1. The number of fused-ring (bicyclic) bond motifs is 1. The van der Waals surface area contributed by atoms with Gasteiger partial charge in [0.1, 0.15) is 0 Å². The monoisotopic (exact) mass is 559 g/mol. The number of nitrogens with zero attached hydrogens (tertiary/aromatic N) is 3. The van der Waals surface area contributed by atoms with Crippen LogP contribution in [0, 0.1) is 6.92 Å². The number of anilines is 1. The fourth-order valence-corrected chi connectivity index (χ4v) is 6.18. The molecule has 1 fully saturated rings. The molecule has 4 N–H and O–H groups in total. The third-order valence-corrected chi connectivity index (χ3v) is 8.41. The number of benzene rings is 4. The van der Waals surface area contributed by atoms with E-state index < -0.39 is 12.1 Å². The lowest BCUT2D eigenvalue weighted by molar-refractivity contribution is -0.0453. The maximum absolute atomic E-state index is 14.6. The highest BCUT2D eigenvalue weighted by molar-refractivity contribution is 5.82. The zero-order valence-electron chi connectivity index (χ0n) is 23.9. The van der Waals surface area contributed by atoms with Gasteiger partial charge < -0.3 is 20.6 Å². The fraction of sp³-hybridized carbons (Fsp3) is 0.257. The van der Waals surface area contributed by atoms with Crippen molar-refractivity contribution in [1.29, 1.82) is 0 Å². The van der Waals surface area contributed by atoms with Gasteiger partial charge in [0.05, 0.1) is 23.7 Å². The van der Waals surface area contributed by atoms with Crippen LogP contribution in [0.2, 0.25) is 0 Å². The molecule has 0 spiro atoms. The second-order valence-corrected chi connectivity index (χ2v) is 11.3. The average Bonchev–Trinajstić information content (AvgIpc) is 3.38. The van der Waals surface area contributed by atoms with E-state index in [1.165, 1.54) is 5.56 Å². The molecule has 2 heterocycles. The zero-order chi connectivity index (χ0) is 29.1. The van der Waals surface area contributed by atoms with Crippen LogP contribution in [-0.4, -0.2) is 49.3 Å². The number of nitrogen functional groups attached to an aromatic ring is 1. The van der Waals surface area contributed by atoms with Crippen LogP contribution in [0.5, 0.6) is 0 Å². The van der Waals surface area contributed by atoms with Gasteiger partial charge in [-0.25, -0.2) is 4.79 Å². The summed E-state index contributed by atoms with van der Waals surface area (Å²) < 4.78 is 0. The van der Waals surface area contributed by atoms with E-state index in [2.05, 4.69) is 40.5 Å². The predicted molar refractivity (Wildman–Crippen MR) is 167 cm³/mol. The molecular formula is C35H37N5O2. The van der Waals surface area contributed by atoms with Gasteiger partial charge in [0.15, 0.2) is 0 Å². The first kappa shape index (κ1) is 27.5. The van der Waals surface area contributed by atoms with Crippen LogP contribution in [0.15, 0.2) is 103 Å². The molecule has 3 atom stereocenters. The summed E-state index contributed by atoms with van der Waals surface area (Å²) in [6.45, 7) is 2.75. The molecule has 1 saturated heterocycles. The second kappa shape index (κ2) is 12.1. The highest BCUT2D eigenvalue weighted by Gasteiger charge is 2.45. The van der Waals surface area contributed by atoms with Gasteiger partial charge in [-0.3, -0.25) is 5.10 Å². The number of carbonyl (C=O) groups is 1. The Morgan fingerprint density at radius 2 is 1.43 bits per heavy atom. The third-order valence-electron chi connectivity index (χ3n) is 8.41. The van der Waals surface area contributed by atoms with Crippen molar-refractivity contribution in [2.45, 2.75) is 57.5 Å². The Bertz CT molecular complexity index is 1650. The first-order valence-corrected chi connectivity index (χ1v) is 14.6. The van der Waals surface area contributed by atoms with E-state index in [0.29, 0.717) is 31.6 Å². The number of hydrogen-bond donors (Lipinski definition) is 3. The summed E-state index contributed by atoms with van der Waals surface area (Å²) in [5.74, 6) is 0. The lowest BCUT2D eigenvalue weighted by atomic mass is 9.88. The van der Waals surface area contributed by atoms with Crippen LogP contribution in [0.3, 0.4) is 0 Å². The number of aliphatic hydroxyl groups is 1. The van der Waals surface area contributed by atoms with Gasteiger partial charge >= 0.3 is 6.03 Å². The molecule has 5 aromatic rings. The lowest BCUT2D eigenvalue weighted by Gasteiger charge is -2.49. The molecule has 1 aliphatic heterocycles. The van der Waals surface area contributed by atoms with Gasteiger partial charge in [-0.15, -0.1) is 0 Å². The van der Waals surface area contributed by atoms with Crippen molar-refractivity contribution in [1.82, 2.24) is 20.0 Å². The quantitative estimate of drug-likeness (QED) is 0.197. The Labute approximate surface area is 246 Å². The second-order valence-electron chi connectivity index (χ2n) is 11.3. The Balaban J connectivity index is 1.37. The summed E-state index contributed by atoms with van der Waals surface area (Å²) in [6.07, 6.45) is 1.22. The highest BCUT2D eigenvalue weighted by atomic mass is 16.3. The molecule has 2 amide bonds. The number of aromatic nitrogens is 2. The van der Waals surface area contributed by atoms with E-state index in [1.54, 1.807) is 0 Å². The minimum absolute atomic E-state index is 0.0780. The first-order chi connectivity index (χ1) is 20.5. The van der Waals surface area contributed by atoms with E-state index in [1.807, 2.05) is 89.5 Å². The summed E-state index contributed by atoms with van der Waals surface area (Å²) in [6, 6.07) is 33.3. The van der Waals surface area contributed by atoms with Crippen molar-refractivity contribution in [3.63, 3.8) is 0 Å². The van der Waals surface area contributed by atoms with Crippen molar-refractivity contribution in [3.8, 4) is 0 Å². The summed E-state index contributed by atoms with van der Waals surface area (Å²) in [4.78, 5) is 18.3. The molecule has 214 valence electrons. The molecule has 7 nitrogen and oxygen atoms in total. The molecule has 42 heavy (non-hydrogen) atoms. The Morgan fingerprint density at radius 1 is 0.786 bits per heavy atom. The number of amides is 2. The van der Waals surface area contributed by atoms with Gasteiger partial charge in [-0.05, 0) is 72.7 Å². The molecule has 4 aromatic carbocycles. The number of nitrogens with one attached hydrogen (secondary N) is 1. The number of rotatable bonds is 9. The summed E-state index contributed by atoms with van der Waals surface area (Å²) in [7, 11) is 0. The van der Waals surface area contributed by atoms with Gasteiger partial charge in [-0.2, -0.15) is 5.10 Å². The van der Waals surface area contributed by atoms with E-state index in [4.69, 9.17) is 5.73 Å². The standard InChI is InChI=1S/C35H37N5O2/c1-24-30-20-28(15-17-31(30)38-37-24)23-39-32(18-16-25-9-4-2-5-10-25)34(41)33(21-26-11-6-3-7-12-26)40(35(39)42)22-27-13-8-14-29(36)19-27/h2-15,17,19-20,32-34,41H,16,18,21-23,36H2,1H3,(H,37,38)/t32-,33-,34-/m1/s1. The molecule has 0 bridgehead atoms. The Morgan fingerprint density at radius 3 is 2.14 bits per heavy atom. The van der Waals surface area contributed by atoms with Gasteiger partial charge in [0.25, 0.3) is 0 Å². The topological polar surface area (TPSA) is 98.5 Å². The maximum Gasteiger partial charge on any atom is 0.321 e. The van der Waals surface area contributed by atoms with E-state index >= 15 is 0 Å². The molecule has 1 aliphatic rings. The van der Waals surface area contributed by atoms with Crippen molar-refractivity contribution in [2.24, 2.45) is 0 Å². The number of carbonyl (C=O) groups excluding carboxylic acids is 1. The van der Waals surface area contributed by atoms with Gasteiger partial charge in [-0.1, -0.05) is 78.9 Å². The number of urea groups is 1. The normalized spacial score (nSPS) is 19.0. The smallest absolute Gasteiger partial charge is 0.321 e. The van der Waals surface area contributed by atoms with Gasteiger partial charge in [0, 0.05) is 29.9 Å². The molecule has 0 saturated carbocycles. The minimum atomic E-state index is -0.757. The third kappa shape index (κ3) is 5.87. The number of nitrogens with two attached hydrogens (primary N) is 1. The maximum atomic E-state index is 14.6.